The smallest absolute Gasteiger partial charge is 0.361 e. The number of anilines is 1. The third-order valence-corrected chi connectivity index (χ3v) is 3.66. The van der Waals surface area contributed by atoms with E-state index in [0.717, 1.165) is 22.5 Å². The summed E-state index contributed by atoms with van der Waals surface area (Å²) in [6, 6.07) is 12.8. The number of H-pyrrole nitrogens is 1. The minimum atomic E-state index is -4.47. The summed E-state index contributed by atoms with van der Waals surface area (Å²) in [6.07, 6.45) is -1.14. The zero-order valence-electron chi connectivity index (χ0n) is 12.8. The second kappa shape index (κ2) is 6.94. The highest BCUT2D eigenvalue weighted by molar-refractivity contribution is 7.80. The van der Waals surface area contributed by atoms with Gasteiger partial charge in [0.2, 0.25) is 0 Å². The summed E-state index contributed by atoms with van der Waals surface area (Å²) >= 11 is 5.00. The van der Waals surface area contributed by atoms with Crippen molar-refractivity contribution in [3.05, 3.63) is 65.9 Å². The van der Waals surface area contributed by atoms with E-state index in [1.54, 1.807) is 12.4 Å². The van der Waals surface area contributed by atoms with Gasteiger partial charge in [-0.05, 0) is 30.4 Å². The maximum absolute atomic E-state index is 12.9. The normalized spacial score (nSPS) is 11.8. The summed E-state index contributed by atoms with van der Waals surface area (Å²) in [5, 5.41) is 7.43. The first-order valence-corrected chi connectivity index (χ1v) is 7.68. The second-order valence-electron chi connectivity index (χ2n) is 5.16. The van der Waals surface area contributed by atoms with Gasteiger partial charge in [-0.25, -0.2) is 0 Å². The summed E-state index contributed by atoms with van der Waals surface area (Å²) in [7, 11) is 0. The number of hydrogen-bond acceptors (Lipinski definition) is 2. The first-order chi connectivity index (χ1) is 11.9. The van der Waals surface area contributed by atoms with Crippen molar-refractivity contribution >= 4 is 40.1 Å². The van der Waals surface area contributed by atoms with E-state index < -0.39 is 11.7 Å². The molecule has 0 saturated carbocycles. The van der Waals surface area contributed by atoms with Crippen molar-refractivity contribution in [3.8, 4) is 0 Å². The zero-order chi connectivity index (χ0) is 17.9. The number of para-hydroxylation sites is 2. The molecule has 8 heteroatoms. The molecule has 4 nitrogen and oxygen atoms in total. The molecule has 0 amide bonds. The Labute approximate surface area is 146 Å². The van der Waals surface area contributed by atoms with Crippen LogP contribution in [0.2, 0.25) is 0 Å². The van der Waals surface area contributed by atoms with Crippen LogP contribution >= 0.6 is 12.2 Å². The summed E-state index contributed by atoms with van der Waals surface area (Å²) in [5.41, 5.74) is 3.40. The third-order valence-electron chi connectivity index (χ3n) is 3.47. The lowest BCUT2D eigenvalue weighted by atomic mass is 10.2. The summed E-state index contributed by atoms with van der Waals surface area (Å²) in [5.74, 6) is 0. The summed E-state index contributed by atoms with van der Waals surface area (Å²) in [4.78, 5) is 3.10. The summed E-state index contributed by atoms with van der Waals surface area (Å²) < 4.78 is 38.8. The number of rotatable bonds is 3. The monoisotopic (exact) mass is 362 g/mol. The second-order valence-corrected chi connectivity index (χ2v) is 5.57. The van der Waals surface area contributed by atoms with E-state index in [1.807, 2.05) is 24.3 Å². The molecule has 2 aromatic carbocycles. The number of nitrogens with zero attached hydrogens (tertiary/aromatic N) is 1. The van der Waals surface area contributed by atoms with E-state index in [2.05, 4.69) is 20.8 Å². The molecule has 3 N–H and O–H groups in total. The van der Waals surface area contributed by atoms with Crippen molar-refractivity contribution in [2.75, 3.05) is 5.32 Å². The Kier molecular flexibility index (Phi) is 4.71. The molecule has 0 aliphatic carbocycles. The average Bonchev–Trinajstić information content (AvgIpc) is 2.98. The quantitative estimate of drug-likeness (QED) is 0.365. The first kappa shape index (κ1) is 17.0. The maximum atomic E-state index is 12.9. The Hall–Kier alpha value is -2.87. The molecule has 0 atom stereocenters. The van der Waals surface area contributed by atoms with Gasteiger partial charge in [-0.1, -0.05) is 30.3 Å². The SMILES string of the molecule is FC(F)(F)c1ccccc1NC(=S)N/N=C/c1c[nH]c2ccccc12. The van der Waals surface area contributed by atoms with Crippen molar-refractivity contribution < 1.29 is 13.2 Å². The molecule has 1 aromatic heterocycles. The van der Waals surface area contributed by atoms with Gasteiger partial charge >= 0.3 is 6.18 Å². The van der Waals surface area contributed by atoms with Gasteiger partial charge in [-0.3, -0.25) is 5.43 Å². The highest BCUT2D eigenvalue weighted by Crippen LogP contribution is 2.34. The fraction of sp³-hybridized carbons (Fsp3) is 0.0588. The highest BCUT2D eigenvalue weighted by Gasteiger charge is 2.33. The minimum absolute atomic E-state index is 0.0345. The lowest BCUT2D eigenvalue weighted by Crippen LogP contribution is -2.25. The molecule has 0 bridgehead atoms. The summed E-state index contributed by atoms with van der Waals surface area (Å²) in [6.45, 7) is 0. The number of fused-ring (bicyclic) bond motifs is 1. The molecule has 0 spiro atoms. The number of thiocarbonyl (C=S) groups is 1. The van der Waals surface area contributed by atoms with E-state index in [-0.39, 0.29) is 10.8 Å². The van der Waals surface area contributed by atoms with Crippen LogP contribution in [0.3, 0.4) is 0 Å². The number of benzene rings is 2. The Balaban J connectivity index is 1.68. The van der Waals surface area contributed by atoms with Crippen LogP contribution in [0, 0.1) is 0 Å². The van der Waals surface area contributed by atoms with Gasteiger partial charge in [-0.2, -0.15) is 18.3 Å². The van der Waals surface area contributed by atoms with E-state index >= 15 is 0 Å². The number of nitrogens with one attached hydrogen (secondary N) is 3. The van der Waals surface area contributed by atoms with Gasteiger partial charge in [0.05, 0.1) is 17.5 Å². The standard InChI is InChI=1S/C17H13F3N4S/c18-17(19,20)13-6-2-4-8-15(13)23-16(25)24-22-10-11-9-21-14-7-3-1-5-12(11)14/h1-10,21H,(H2,23,24,25)/b22-10+. The molecular weight excluding hydrogens is 349 g/mol. The number of halogens is 3. The topological polar surface area (TPSA) is 52.2 Å². The van der Waals surface area contributed by atoms with Crippen molar-refractivity contribution in [1.82, 2.24) is 10.4 Å². The zero-order valence-corrected chi connectivity index (χ0v) is 13.6. The molecule has 128 valence electrons. The Bertz CT molecular complexity index is 931. The lowest BCUT2D eigenvalue weighted by molar-refractivity contribution is -0.136. The number of hydrazone groups is 1. The van der Waals surface area contributed by atoms with Gasteiger partial charge < -0.3 is 10.3 Å². The van der Waals surface area contributed by atoms with Gasteiger partial charge in [0.25, 0.3) is 0 Å². The largest absolute Gasteiger partial charge is 0.418 e. The molecule has 1 heterocycles. The molecule has 0 fully saturated rings. The van der Waals surface area contributed by atoms with Crippen molar-refractivity contribution in [2.45, 2.75) is 6.18 Å². The number of hydrogen-bond donors (Lipinski definition) is 3. The highest BCUT2D eigenvalue weighted by atomic mass is 32.1. The lowest BCUT2D eigenvalue weighted by Gasteiger charge is -2.14. The molecule has 3 rings (SSSR count). The molecule has 0 aliphatic rings. The van der Waals surface area contributed by atoms with Gasteiger partial charge in [-0.15, -0.1) is 0 Å². The van der Waals surface area contributed by atoms with Crippen LogP contribution in [0.15, 0.2) is 59.8 Å². The van der Waals surface area contributed by atoms with Crippen LogP contribution in [0.4, 0.5) is 18.9 Å². The van der Waals surface area contributed by atoms with Crippen LogP contribution in [0.5, 0.6) is 0 Å². The van der Waals surface area contributed by atoms with Crippen LogP contribution < -0.4 is 10.7 Å². The predicted octanol–water partition coefficient (Wildman–Crippen LogP) is 4.51. The Morgan fingerprint density at radius 3 is 2.60 bits per heavy atom. The van der Waals surface area contributed by atoms with Gasteiger partial charge in [0.15, 0.2) is 5.11 Å². The molecule has 0 radical (unpaired) electrons. The fourth-order valence-electron chi connectivity index (χ4n) is 2.35. The van der Waals surface area contributed by atoms with E-state index in [4.69, 9.17) is 12.2 Å². The molecule has 0 aliphatic heterocycles. The van der Waals surface area contributed by atoms with Crippen molar-refractivity contribution in [2.24, 2.45) is 5.10 Å². The fourth-order valence-corrected chi connectivity index (χ4v) is 2.51. The van der Waals surface area contributed by atoms with Gasteiger partial charge in [0, 0.05) is 22.7 Å². The minimum Gasteiger partial charge on any atom is -0.361 e. The molecule has 25 heavy (non-hydrogen) atoms. The van der Waals surface area contributed by atoms with Crippen LogP contribution in [0.1, 0.15) is 11.1 Å². The van der Waals surface area contributed by atoms with Crippen LogP contribution in [-0.4, -0.2) is 16.3 Å². The Morgan fingerprint density at radius 2 is 1.80 bits per heavy atom. The van der Waals surface area contributed by atoms with E-state index in [9.17, 15) is 13.2 Å². The van der Waals surface area contributed by atoms with Crippen LogP contribution in [-0.2, 0) is 6.18 Å². The first-order valence-electron chi connectivity index (χ1n) is 7.27. The maximum Gasteiger partial charge on any atom is 0.418 e. The average molecular weight is 362 g/mol. The van der Waals surface area contributed by atoms with Crippen molar-refractivity contribution in [3.63, 3.8) is 0 Å². The van der Waals surface area contributed by atoms with E-state index in [0.29, 0.717) is 0 Å². The molecule has 0 saturated heterocycles. The number of alkyl halides is 3. The number of aromatic nitrogens is 1. The predicted molar refractivity (Wildman–Crippen MR) is 96.7 cm³/mol. The molecular formula is C17H13F3N4S. The van der Waals surface area contributed by atoms with Crippen molar-refractivity contribution in [1.29, 1.82) is 0 Å². The molecule has 3 aromatic rings. The number of aromatic amines is 1. The van der Waals surface area contributed by atoms with Gasteiger partial charge in [0.1, 0.15) is 0 Å². The van der Waals surface area contributed by atoms with E-state index in [1.165, 1.54) is 18.2 Å². The Morgan fingerprint density at radius 1 is 1.08 bits per heavy atom. The van der Waals surface area contributed by atoms with Crippen LogP contribution in [0.25, 0.3) is 10.9 Å². The third kappa shape index (κ3) is 3.97. The molecule has 0 unspecified atom stereocenters.